The summed E-state index contributed by atoms with van der Waals surface area (Å²) in [5.41, 5.74) is 4.66. The van der Waals surface area contributed by atoms with Crippen LogP contribution in [0.25, 0.3) is 0 Å². The van der Waals surface area contributed by atoms with Crippen molar-refractivity contribution in [2.45, 2.75) is 57.6 Å². The molecule has 3 aromatic carbocycles. The third-order valence-corrected chi connectivity index (χ3v) is 12.2. The van der Waals surface area contributed by atoms with E-state index in [0.29, 0.717) is 12.3 Å². The predicted molar refractivity (Wildman–Crippen MR) is 232 cm³/mol. The van der Waals surface area contributed by atoms with Crippen LogP contribution in [0.1, 0.15) is 57.4 Å². The second-order valence-electron chi connectivity index (χ2n) is 16.4. The summed E-state index contributed by atoms with van der Waals surface area (Å²) in [5.74, 6) is -1.69. The van der Waals surface area contributed by atoms with Crippen molar-refractivity contribution in [3.8, 4) is 11.5 Å². The number of ether oxygens (including phenoxy) is 2. The van der Waals surface area contributed by atoms with Crippen LogP contribution in [-0.2, 0) is 30.5 Å². The minimum absolute atomic E-state index is 0.0644. The molecule has 6 rings (SSSR count). The Kier molecular flexibility index (Phi) is 12.6. The van der Waals surface area contributed by atoms with Gasteiger partial charge in [0.2, 0.25) is 5.91 Å². The average Bonchev–Trinajstić information content (AvgIpc) is 3.57. The van der Waals surface area contributed by atoms with Crippen molar-refractivity contribution >= 4 is 44.6 Å². The van der Waals surface area contributed by atoms with Gasteiger partial charge in [-0.15, -0.1) is 0 Å². The number of aliphatic imine (C=N–C) groups is 1. The monoisotopic (exact) mass is 856 g/mol. The first kappa shape index (κ1) is 44.7. The van der Waals surface area contributed by atoms with Crippen molar-refractivity contribution in [2.24, 2.45) is 4.99 Å². The maximum Gasteiger partial charge on any atom is 0.279 e. The van der Waals surface area contributed by atoms with Crippen LogP contribution in [0, 0.1) is 10.1 Å². The molecule has 2 aliphatic heterocycles. The van der Waals surface area contributed by atoms with Crippen LogP contribution in [0.5, 0.6) is 11.5 Å². The number of anilines is 1. The number of ketones is 1. The van der Waals surface area contributed by atoms with Gasteiger partial charge < -0.3 is 35.0 Å². The molecule has 3 aliphatic rings. The zero-order valence-corrected chi connectivity index (χ0v) is 36.3. The lowest BCUT2D eigenvalue weighted by Crippen LogP contribution is -2.51. The molecular formula is C44H52N6O10S. The lowest BCUT2D eigenvalue weighted by atomic mass is 9.77. The summed E-state index contributed by atoms with van der Waals surface area (Å²) in [4.78, 5) is 47.7. The molecular weight excluding hydrogens is 805 g/mol. The fourth-order valence-corrected chi connectivity index (χ4v) is 8.61. The molecule has 1 amide bonds. The molecule has 0 radical (unpaired) electrons. The largest absolute Gasteiger partial charge is 0.493 e. The number of Topliss-reactive ketones (excluding diaryl/α,β-unsaturated/α-hetero) is 1. The summed E-state index contributed by atoms with van der Waals surface area (Å²) in [7, 11) is 0.348. The number of nitrogens with one attached hydrogen (secondary N) is 2. The number of carbonyl (C=O) groups excluding carboxylic acids is 2. The molecule has 2 unspecified atom stereocenters. The second kappa shape index (κ2) is 17.2. The molecule has 0 bridgehead atoms. The summed E-state index contributed by atoms with van der Waals surface area (Å²) in [6, 6.07) is 16.7. The number of amides is 1. The van der Waals surface area contributed by atoms with E-state index in [-0.39, 0.29) is 65.1 Å². The summed E-state index contributed by atoms with van der Waals surface area (Å²) in [5, 5.41) is 27.4. The van der Waals surface area contributed by atoms with Gasteiger partial charge in [0.1, 0.15) is 18.4 Å². The van der Waals surface area contributed by atoms with Crippen molar-refractivity contribution in [3.05, 3.63) is 122 Å². The van der Waals surface area contributed by atoms with E-state index in [9.17, 15) is 37.8 Å². The van der Waals surface area contributed by atoms with Gasteiger partial charge in [-0.3, -0.25) is 29.2 Å². The Hall–Kier alpha value is -5.88. The zero-order valence-electron chi connectivity index (χ0n) is 35.5. The molecule has 16 nitrogen and oxygen atoms in total. The van der Waals surface area contributed by atoms with Gasteiger partial charge in [-0.05, 0) is 55.4 Å². The number of aliphatic hydroxyl groups is 1. The lowest BCUT2D eigenvalue weighted by molar-refractivity contribution is -0.386. The zero-order chi connectivity index (χ0) is 44.6. The smallest absolute Gasteiger partial charge is 0.279 e. The fourth-order valence-electron chi connectivity index (χ4n) is 7.95. The van der Waals surface area contributed by atoms with Gasteiger partial charge in [0, 0.05) is 60.0 Å². The van der Waals surface area contributed by atoms with Crippen LogP contribution >= 0.6 is 0 Å². The van der Waals surface area contributed by atoms with Crippen LogP contribution in [-0.4, -0.2) is 105 Å². The van der Waals surface area contributed by atoms with E-state index < -0.39 is 49.7 Å². The normalized spacial score (nSPS) is 18.7. The van der Waals surface area contributed by atoms with Crippen molar-refractivity contribution in [2.75, 3.05) is 58.1 Å². The topological polar surface area (TPSA) is 213 Å². The van der Waals surface area contributed by atoms with Crippen molar-refractivity contribution in [1.82, 2.24) is 15.5 Å². The number of rotatable bonds is 17. The highest BCUT2D eigenvalue weighted by Gasteiger charge is 2.43. The minimum atomic E-state index is -4.70. The quantitative estimate of drug-likeness (QED) is 0.0605. The van der Waals surface area contributed by atoms with Gasteiger partial charge in [0.15, 0.2) is 17.3 Å². The predicted octanol–water partition coefficient (Wildman–Crippen LogP) is 5.07. The van der Waals surface area contributed by atoms with E-state index >= 15 is 0 Å². The van der Waals surface area contributed by atoms with Gasteiger partial charge in [0.05, 0.1) is 46.9 Å². The first-order valence-electron chi connectivity index (χ1n) is 19.8. The minimum Gasteiger partial charge on any atom is -0.493 e. The number of nitro groups is 1. The third kappa shape index (κ3) is 9.10. The maximum absolute atomic E-state index is 14.2. The van der Waals surface area contributed by atoms with Crippen LogP contribution in [0.15, 0.2) is 100 Å². The Balaban J connectivity index is 1.22. The molecule has 3 aromatic rings. The highest BCUT2D eigenvalue weighted by molar-refractivity contribution is 7.85. The Morgan fingerprint density at radius 2 is 1.70 bits per heavy atom. The molecule has 0 saturated heterocycles. The van der Waals surface area contributed by atoms with E-state index in [1.807, 2.05) is 79.2 Å². The van der Waals surface area contributed by atoms with Crippen molar-refractivity contribution in [1.29, 1.82) is 0 Å². The Bertz CT molecular complexity index is 2510. The molecule has 0 fully saturated rings. The molecule has 2 heterocycles. The number of hydrogen-bond acceptors (Lipinski definition) is 13. The van der Waals surface area contributed by atoms with Crippen molar-refractivity contribution in [3.63, 3.8) is 0 Å². The highest BCUT2D eigenvalue weighted by Crippen LogP contribution is 2.48. The van der Waals surface area contributed by atoms with E-state index in [1.54, 1.807) is 19.2 Å². The van der Waals surface area contributed by atoms with Gasteiger partial charge >= 0.3 is 0 Å². The van der Waals surface area contributed by atoms with Gasteiger partial charge in [-0.1, -0.05) is 64.1 Å². The van der Waals surface area contributed by atoms with Gasteiger partial charge in [-0.2, -0.15) is 8.42 Å². The molecule has 1 aliphatic carbocycles. The molecule has 17 heteroatoms. The maximum atomic E-state index is 14.2. The van der Waals surface area contributed by atoms with Gasteiger partial charge in [0.25, 0.3) is 15.8 Å². The average molecular weight is 857 g/mol. The highest BCUT2D eigenvalue weighted by atomic mass is 32.2. The first-order chi connectivity index (χ1) is 28.6. The molecule has 61 heavy (non-hydrogen) atoms. The number of likely N-dealkylation sites (N-methyl/N-ethyl adjacent to an activating group) is 2. The van der Waals surface area contributed by atoms with Crippen molar-refractivity contribution < 1.29 is 42.1 Å². The first-order valence-corrected chi connectivity index (χ1v) is 21.4. The molecule has 4 N–H and O–H groups in total. The summed E-state index contributed by atoms with van der Waals surface area (Å²) in [6.45, 7) is 10.3. The number of methoxy groups -OCH3 is 1. The Morgan fingerprint density at radius 3 is 2.33 bits per heavy atom. The molecule has 0 aromatic heterocycles. The number of nitro benzene ring substituents is 1. The standard InChI is InChI=1S/C44H52N6O10S/c1-26(51)27-21-36(59-8)37(24-35(27)50(54)55)60-20-19-48(6)18-17-45-42(53)33(25-61(56,57)58)47-40-28(22-38-43(2,3)30-13-9-11-15-32(30)46-38)41(52)29(40)23-39-44(4,5)31-14-10-12-16-34(31)49(39)7/h9-16,21-24,26,33,47,51H,17-20,25H2,1-8H3,(H,45,53)(H,56,57,58)/b28-22-,39-23+. The van der Waals surface area contributed by atoms with E-state index in [4.69, 9.17) is 14.5 Å². The molecule has 2 atom stereocenters. The van der Waals surface area contributed by atoms with Gasteiger partial charge in [-0.25, -0.2) is 0 Å². The second-order valence-corrected chi connectivity index (χ2v) is 17.9. The number of hydrogen-bond donors (Lipinski definition) is 4. The Morgan fingerprint density at radius 1 is 1.03 bits per heavy atom. The SMILES string of the molecule is COc1cc(C(C)O)c([N+](=O)[O-])cc1OCCN(C)CCNC(=O)C(CS(=O)(=O)O)NC1=C(/C=C2/N(C)c3ccccc3C2(C)C)C(=O)/C1=C\C1=Nc2ccccc2C1(C)C. The summed E-state index contributed by atoms with van der Waals surface area (Å²) < 4.78 is 45.9. The number of allylic oxidation sites excluding steroid dienone is 5. The van der Waals surface area contributed by atoms with Crippen LogP contribution in [0.3, 0.4) is 0 Å². The number of para-hydroxylation sites is 2. The molecule has 0 saturated carbocycles. The number of fused-ring (bicyclic) bond motifs is 2. The number of carbonyl (C=O) groups is 2. The molecule has 324 valence electrons. The van der Waals surface area contributed by atoms with E-state index in [0.717, 1.165) is 28.2 Å². The number of nitrogens with zero attached hydrogens (tertiary/aromatic N) is 4. The number of benzene rings is 3. The van der Waals surface area contributed by atoms with Crippen LogP contribution in [0.4, 0.5) is 17.1 Å². The molecule has 0 spiro atoms. The van der Waals surface area contributed by atoms with E-state index in [2.05, 4.69) is 24.5 Å². The van der Waals surface area contributed by atoms with Crippen LogP contribution < -0.4 is 25.0 Å². The Labute approximate surface area is 355 Å². The summed E-state index contributed by atoms with van der Waals surface area (Å²) >= 11 is 0. The fraction of sp³-hybridized carbons (Fsp3) is 0.386. The van der Waals surface area contributed by atoms with Crippen LogP contribution in [0.2, 0.25) is 0 Å². The number of aliphatic hydroxyl groups excluding tert-OH is 1. The summed E-state index contributed by atoms with van der Waals surface area (Å²) in [6.07, 6.45) is 2.35. The third-order valence-electron chi connectivity index (χ3n) is 11.5. The lowest BCUT2D eigenvalue weighted by Gasteiger charge is -2.32. The van der Waals surface area contributed by atoms with E-state index in [1.165, 1.54) is 26.2 Å².